The zero-order valence-corrected chi connectivity index (χ0v) is 12.3. The fourth-order valence-electron chi connectivity index (χ4n) is 2.04. The minimum absolute atomic E-state index is 0.0409. The van der Waals surface area contributed by atoms with Gasteiger partial charge in [-0.3, -0.25) is 4.68 Å². The molecular weight excluding hydrogens is 297 g/mol. The van der Waals surface area contributed by atoms with Crippen LogP contribution in [0.2, 0.25) is 5.02 Å². The second-order valence-electron chi connectivity index (χ2n) is 4.36. The number of ether oxygens (including phenoxy) is 1. The number of rotatable bonds is 2. The first-order chi connectivity index (χ1) is 9.90. The highest BCUT2D eigenvalue weighted by atomic mass is 35.5. The fraction of sp³-hybridized carbons (Fsp3) is 0.214. The number of benzene rings is 1. The van der Waals surface area contributed by atoms with E-state index in [1.807, 2.05) is 6.07 Å². The van der Waals surface area contributed by atoms with E-state index >= 15 is 0 Å². The summed E-state index contributed by atoms with van der Waals surface area (Å²) in [7, 11) is 2.80. The molecule has 0 aliphatic heterocycles. The van der Waals surface area contributed by atoms with Gasteiger partial charge >= 0.3 is 5.97 Å². The first-order valence-electron chi connectivity index (χ1n) is 5.92. The van der Waals surface area contributed by atoms with Crippen molar-refractivity contribution in [2.75, 3.05) is 7.11 Å². The Balaban J connectivity index is 2.70. The molecule has 108 valence electrons. The van der Waals surface area contributed by atoms with Crippen LogP contribution >= 0.6 is 11.6 Å². The molecule has 21 heavy (non-hydrogen) atoms. The highest BCUT2D eigenvalue weighted by Crippen LogP contribution is 2.31. The van der Waals surface area contributed by atoms with Crippen molar-refractivity contribution in [3.05, 3.63) is 39.8 Å². The number of hydrogen-bond donors (Lipinski definition) is 0. The smallest absolute Gasteiger partial charge is 0.339 e. The van der Waals surface area contributed by atoms with Crippen LogP contribution in [0.4, 0.5) is 4.39 Å². The largest absolute Gasteiger partial charge is 0.465 e. The second-order valence-corrected chi connectivity index (χ2v) is 4.77. The van der Waals surface area contributed by atoms with Gasteiger partial charge in [0.1, 0.15) is 17.6 Å². The van der Waals surface area contributed by atoms with Crippen LogP contribution in [0.25, 0.3) is 11.3 Å². The Morgan fingerprint density at radius 1 is 1.52 bits per heavy atom. The molecule has 0 N–H and O–H groups in total. The van der Waals surface area contributed by atoms with Crippen molar-refractivity contribution < 1.29 is 13.9 Å². The maximum atomic E-state index is 14.1. The number of halogens is 2. The minimum Gasteiger partial charge on any atom is -0.465 e. The van der Waals surface area contributed by atoms with Crippen molar-refractivity contribution >= 4 is 17.6 Å². The van der Waals surface area contributed by atoms with E-state index < -0.39 is 11.8 Å². The van der Waals surface area contributed by atoms with Gasteiger partial charge in [-0.05, 0) is 19.1 Å². The Labute approximate surface area is 125 Å². The molecule has 1 aromatic carbocycles. The van der Waals surface area contributed by atoms with Crippen LogP contribution in [0, 0.1) is 24.1 Å². The second kappa shape index (κ2) is 5.54. The summed E-state index contributed by atoms with van der Waals surface area (Å²) in [6.45, 7) is 1.66. The van der Waals surface area contributed by atoms with E-state index in [0.717, 1.165) is 6.07 Å². The summed E-state index contributed by atoms with van der Waals surface area (Å²) in [5, 5.41) is 13.1. The minimum atomic E-state index is -0.671. The molecule has 0 radical (unpaired) electrons. The van der Waals surface area contributed by atoms with Gasteiger partial charge < -0.3 is 4.74 Å². The van der Waals surface area contributed by atoms with Crippen LogP contribution in [-0.4, -0.2) is 22.9 Å². The van der Waals surface area contributed by atoms with Crippen molar-refractivity contribution in [2.24, 2.45) is 7.05 Å². The maximum absolute atomic E-state index is 14.1. The molecule has 7 heteroatoms. The van der Waals surface area contributed by atoms with E-state index in [4.69, 9.17) is 16.9 Å². The number of esters is 1. The molecule has 1 aromatic heterocycles. The molecule has 0 amide bonds. The quantitative estimate of drug-likeness (QED) is 0.800. The molecule has 0 fully saturated rings. The molecule has 2 rings (SSSR count). The van der Waals surface area contributed by atoms with Gasteiger partial charge in [0, 0.05) is 18.2 Å². The Kier molecular flexibility index (Phi) is 3.96. The number of nitrogens with zero attached hydrogens (tertiary/aromatic N) is 3. The Hall–Kier alpha value is -2.39. The Bertz CT molecular complexity index is 778. The van der Waals surface area contributed by atoms with Gasteiger partial charge in [-0.2, -0.15) is 10.4 Å². The Morgan fingerprint density at radius 3 is 2.71 bits per heavy atom. The molecule has 0 aliphatic rings. The van der Waals surface area contributed by atoms with Crippen molar-refractivity contribution in [1.29, 1.82) is 5.26 Å². The van der Waals surface area contributed by atoms with Crippen molar-refractivity contribution in [2.45, 2.75) is 6.92 Å². The van der Waals surface area contributed by atoms with E-state index in [1.54, 1.807) is 14.0 Å². The summed E-state index contributed by atoms with van der Waals surface area (Å²) in [6, 6.07) is 4.30. The first-order valence-corrected chi connectivity index (χ1v) is 6.30. The molecular formula is C14H11ClFN3O2. The fourth-order valence-corrected chi connectivity index (χ4v) is 2.27. The molecule has 0 spiro atoms. The number of hydrogen-bond acceptors (Lipinski definition) is 4. The summed E-state index contributed by atoms with van der Waals surface area (Å²) >= 11 is 5.85. The summed E-state index contributed by atoms with van der Waals surface area (Å²) in [4.78, 5) is 11.6. The van der Waals surface area contributed by atoms with Crippen LogP contribution in [0.5, 0.6) is 0 Å². The van der Waals surface area contributed by atoms with Crippen molar-refractivity contribution in [3.8, 4) is 17.3 Å². The summed E-state index contributed by atoms with van der Waals surface area (Å²) in [5.74, 6) is -1.30. The van der Waals surface area contributed by atoms with Crippen molar-refractivity contribution in [3.63, 3.8) is 0 Å². The maximum Gasteiger partial charge on any atom is 0.339 e. The normalized spacial score (nSPS) is 10.3. The van der Waals surface area contributed by atoms with Gasteiger partial charge in [0.15, 0.2) is 0 Å². The van der Waals surface area contributed by atoms with E-state index in [9.17, 15) is 9.18 Å². The van der Waals surface area contributed by atoms with E-state index in [-0.39, 0.29) is 21.8 Å². The highest BCUT2D eigenvalue weighted by molar-refractivity contribution is 6.33. The lowest BCUT2D eigenvalue weighted by Crippen LogP contribution is -2.04. The van der Waals surface area contributed by atoms with E-state index in [1.165, 1.54) is 17.9 Å². The number of carbonyl (C=O) groups excluding carboxylic acids is 1. The van der Waals surface area contributed by atoms with Gasteiger partial charge in [-0.25, -0.2) is 9.18 Å². The first kappa shape index (κ1) is 15.0. The predicted molar refractivity (Wildman–Crippen MR) is 74.4 cm³/mol. The lowest BCUT2D eigenvalue weighted by molar-refractivity contribution is 0.0601. The number of nitriles is 1. The van der Waals surface area contributed by atoms with E-state index in [2.05, 4.69) is 9.84 Å². The molecule has 0 bridgehead atoms. The number of aryl methyl sites for hydroxylation is 1. The molecule has 0 aliphatic carbocycles. The third kappa shape index (κ3) is 2.48. The van der Waals surface area contributed by atoms with Crippen LogP contribution < -0.4 is 0 Å². The molecule has 0 atom stereocenters. The number of methoxy groups -OCH3 is 1. The average Bonchev–Trinajstić information content (AvgIpc) is 2.72. The summed E-state index contributed by atoms with van der Waals surface area (Å²) < 4.78 is 20.1. The lowest BCUT2D eigenvalue weighted by atomic mass is 10.0. The lowest BCUT2D eigenvalue weighted by Gasteiger charge is -2.07. The molecule has 1 heterocycles. The molecule has 0 saturated heterocycles. The highest BCUT2D eigenvalue weighted by Gasteiger charge is 2.21. The predicted octanol–water partition coefficient (Wildman–Crippen LogP) is 2.85. The van der Waals surface area contributed by atoms with Gasteiger partial charge in [-0.15, -0.1) is 0 Å². The number of aromatic nitrogens is 2. The van der Waals surface area contributed by atoms with Crippen LogP contribution in [-0.2, 0) is 11.8 Å². The summed E-state index contributed by atoms with van der Waals surface area (Å²) in [6.07, 6.45) is 0. The third-order valence-corrected chi connectivity index (χ3v) is 3.42. The van der Waals surface area contributed by atoms with Crippen molar-refractivity contribution in [1.82, 2.24) is 9.78 Å². The average molecular weight is 308 g/mol. The van der Waals surface area contributed by atoms with Gasteiger partial charge in [0.05, 0.1) is 23.4 Å². The van der Waals surface area contributed by atoms with Gasteiger partial charge in [0.25, 0.3) is 0 Å². The summed E-state index contributed by atoms with van der Waals surface area (Å²) in [5.41, 5.74) is 1.26. The standard InChI is InChI=1S/C14H11ClFN3O2/c1-7-12(6-17)19(2)18-13(7)9-4-8(14(20)21-3)10(15)5-11(9)16/h4-5H,1-3H3. The van der Waals surface area contributed by atoms with Crippen LogP contribution in [0.3, 0.4) is 0 Å². The molecule has 0 saturated carbocycles. The monoisotopic (exact) mass is 307 g/mol. The zero-order chi connectivity index (χ0) is 15.7. The molecule has 5 nitrogen and oxygen atoms in total. The van der Waals surface area contributed by atoms with E-state index in [0.29, 0.717) is 11.3 Å². The number of carbonyl (C=O) groups is 1. The van der Waals surface area contributed by atoms with Gasteiger partial charge in [0.2, 0.25) is 0 Å². The van der Waals surface area contributed by atoms with Crippen LogP contribution in [0.15, 0.2) is 12.1 Å². The SMILES string of the molecule is COC(=O)c1cc(-c2nn(C)c(C#N)c2C)c(F)cc1Cl. The molecule has 2 aromatic rings. The topological polar surface area (TPSA) is 67.9 Å². The van der Waals surface area contributed by atoms with Gasteiger partial charge in [-0.1, -0.05) is 11.6 Å². The zero-order valence-electron chi connectivity index (χ0n) is 11.6. The third-order valence-electron chi connectivity index (χ3n) is 3.11. The van der Waals surface area contributed by atoms with Crippen LogP contribution in [0.1, 0.15) is 21.6 Å². The Morgan fingerprint density at radius 2 is 2.19 bits per heavy atom. The molecule has 0 unspecified atom stereocenters.